The van der Waals surface area contributed by atoms with E-state index >= 15 is 0 Å². The van der Waals surface area contributed by atoms with Crippen molar-refractivity contribution in [3.05, 3.63) is 29.2 Å². The molecule has 0 radical (unpaired) electrons. The van der Waals surface area contributed by atoms with Crippen molar-refractivity contribution < 1.29 is 0 Å². The minimum atomic E-state index is 0.443. The van der Waals surface area contributed by atoms with Crippen LogP contribution in [0.2, 0.25) is 0 Å². The molecule has 0 bridgehead atoms. The molecular formula is C9H9N3O. The van der Waals surface area contributed by atoms with Gasteiger partial charge in [-0.2, -0.15) is 0 Å². The molecule has 66 valence electrons. The van der Waals surface area contributed by atoms with Crippen molar-refractivity contribution >= 4 is 22.4 Å². The van der Waals surface area contributed by atoms with Gasteiger partial charge in [0, 0.05) is 18.0 Å². The first-order chi connectivity index (χ1) is 6.36. The maximum Gasteiger partial charge on any atom is 0.157 e. The molecule has 0 unspecified atom stereocenters. The minimum absolute atomic E-state index is 0.443. The molecule has 0 spiro atoms. The van der Waals surface area contributed by atoms with E-state index in [-0.39, 0.29) is 0 Å². The molecule has 13 heavy (non-hydrogen) atoms. The van der Waals surface area contributed by atoms with Crippen LogP contribution in [0, 0.1) is 4.91 Å². The number of aromatic nitrogens is 1. The second-order valence-electron chi connectivity index (χ2n) is 2.74. The number of benzene rings is 1. The highest BCUT2D eigenvalue weighted by Gasteiger charge is 2.09. The third kappa shape index (κ3) is 1.07. The number of aromatic amines is 1. The number of nitrogens with one attached hydrogen (secondary N) is 2. The van der Waals surface area contributed by atoms with Crippen LogP contribution in [0.25, 0.3) is 10.9 Å². The number of nitrogens with zero attached hydrogens (tertiary/aromatic N) is 1. The van der Waals surface area contributed by atoms with Gasteiger partial charge >= 0.3 is 0 Å². The van der Waals surface area contributed by atoms with E-state index in [1.165, 1.54) is 0 Å². The predicted octanol–water partition coefficient (Wildman–Crippen LogP) is 2.61. The first kappa shape index (κ1) is 7.79. The van der Waals surface area contributed by atoms with Gasteiger partial charge in [0.05, 0.1) is 0 Å². The summed E-state index contributed by atoms with van der Waals surface area (Å²) in [5, 5.41) is 6.72. The molecule has 4 heteroatoms. The topological polar surface area (TPSA) is 57.2 Å². The molecule has 0 aliphatic carbocycles. The molecule has 0 saturated heterocycles. The summed E-state index contributed by atoms with van der Waals surface area (Å²) < 4.78 is 0. The summed E-state index contributed by atoms with van der Waals surface area (Å²) in [4.78, 5) is 13.6. The van der Waals surface area contributed by atoms with E-state index in [2.05, 4.69) is 15.5 Å². The average molecular weight is 175 g/mol. The lowest BCUT2D eigenvalue weighted by Gasteiger charge is -1.92. The van der Waals surface area contributed by atoms with Gasteiger partial charge in [-0.1, -0.05) is 18.2 Å². The minimum Gasteiger partial charge on any atom is -0.373 e. The number of hydrogen-bond donors (Lipinski definition) is 2. The lowest BCUT2D eigenvalue weighted by atomic mass is 10.2. The summed E-state index contributed by atoms with van der Waals surface area (Å²) in [5.41, 5.74) is 1.36. The smallest absolute Gasteiger partial charge is 0.157 e. The van der Waals surface area contributed by atoms with Crippen LogP contribution in [0.5, 0.6) is 0 Å². The van der Waals surface area contributed by atoms with Gasteiger partial charge in [0.25, 0.3) is 0 Å². The first-order valence-electron chi connectivity index (χ1n) is 3.98. The molecule has 1 aromatic heterocycles. The highest BCUT2D eigenvalue weighted by Crippen LogP contribution is 2.33. The van der Waals surface area contributed by atoms with E-state index in [0.29, 0.717) is 11.5 Å². The van der Waals surface area contributed by atoms with E-state index in [9.17, 15) is 4.91 Å². The first-order valence-corrected chi connectivity index (χ1v) is 3.98. The zero-order chi connectivity index (χ0) is 9.26. The van der Waals surface area contributed by atoms with Gasteiger partial charge in [0.15, 0.2) is 5.69 Å². The van der Waals surface area contributed by atoms with Crippen LogP contribution in [0.15, 0.2) is 29.4 Å². The molecule has 0 amide bonds. The van der Waals surface area contributed by atoms with Crippen LogP contribution < -0.4 is 5.32 Å². The molecule has 0 aliphatic heterocycles. The number of anilines is 1. The maximum absolute atomic E-state index is 10.6. The Morgan fingerprint density at radius 1 is 1.38 bits per heavy atom. The summed E-state index contributed by atoms with van der Waals surface area (Å²) >= 11 is 0. The lowest BCUT2D eigenvalue weighted by molar-refractivity contribution is 1.37. The van der Waals surface area contributed by atoms with Gasteiger partial charge in [0.2, 0.25) is 0 Å². The third-order valence-electron chi connectivity index (χ3n) is 2.02. The second-order valence-corrected chi connectivity index (χ2v) is 2.74. The molecule has 0 saturated carbocycles. The van der Waals surface area contributed by atoms with Crippen molar-refractivity contribution in [3.63, 3.8) is 0 Å². The summed E-state index contributed by atoms with van der Waals surface area (Å²) in [7, 11) is 1.75. The fraction of sp³-hybridized carbons (Fsp3) is 0.111. The van der Waals surface area contributed by atoms with E-state index in [1.54, 1.807) is 7.05 Å². The lowest BCUT2D eigenvalue weighted by Crippen LogP contribution is -1.86. The Bertz CT molecular complexity index is 447. The van der Waals surface area contributed by atoms with Gasteiger partial charge in [-0.05, 0) is 11.2 Å². The van der Waals surface area contributed by atoms with Crippen LogP contribution in [-0.4, -0.2) is 12.0 Å². The van der Waals surface area contributed by atoms with Crippen LogP contribution in [0.1, 0.15) is 0 Å². The average Bonchev–Trinajstić information content (AvgIpc) is 2.55. The van der Waals surface area contributed by atoms with Crippen molar-refractivity contribution in [1.82, 2.24) is 4.98 Å². The predicted molar refractivity (Wildman–Crippen MR) is 53.3 cm³/mol. The fourth-order valence-corrected chi connectivity index (χ4v) is 1.40. The molecule has 1 aromatic carbocycles. The Morgan fingerprint density at radius 2 is 2.15 bits per heavy atom. The molecule has 0 atom stereocenters. The molecule has 4 nitrogen and oxygen atoms in total. The van der Waals surface area contributed by atoms with E-state index < -0.39 is 0 Å². The third-order valence-corrected chi connectivity index (χ3v) is 2.02. The molecule has 0 aliphatic rings. The Hall–Kier alpha value is -1.84. The molecule has 1 heterocycles. The Labute approximate surface area is 74.9 Å². The summed E-state index contributed by atoms with van der Waals surface area (Å²) in [5.74, 6) is 0.663. The Balaban J connectivity index is 2.81. The molecule has 2 aromatic rings. The largest absolute Gasteiger partial charge is 0.373 e. The molecule has 2 N–H and O–H groups in total. The highest BCUT2D eigenvalue weighted by molar-refractivity contribution is 5.97. The number of para-hydroxylation sites is 1. The van der Waals surface area contributed by atoms with E-state index in [4.69, 9.17) is 0 Å². The summed E-state index contributed by atoms with van der Waals surface area (Å²) in [6.07, 6.45) is 0. The standard InChI is InChI=1S/C9H9N3O/c1-10-9-8(12-13)6-4-2-3-5-7(6)11-9/h2-5,10-11H,1H3. The zero-order valence-corrected chi connectivity index (χ0v) is 7.16. The van der Waals surface area contributed by atoms with E-state index in [0.717, 1.165) is 10.9 Å². The van der Waals surface area contributed by atoms with E-state index in [1.807, 2.05) is 24.3 Å². The van der Waals surface area contributed by atoms with Crippen molar-refractivity contribution in [1.29, 1.82) is 0 Å². The van der Waals surface area contributed by atoms with Crippen molar-refractivity contribution in [2.45, 2.75) is 0 Å². The normalized spacial score (nSPS) is 10.2. The maximum atomic E-state index is 10.6. The van der Waals surface area contributed by atoms with Gasteiger partial charge in [0.1, 0.15) is 5.82 Å². The molecule has 2 rings (SSSR count). The van der Waals surface area contributed by atoms with Gasteiger partial charge in [-0.25, -0.2) is 0 Å². The Kier molecular flexibility index (Phi) is 1.73. The van der Waals surface area contributed by atoms with Crippen molar-refractivity contribution in [3.8, 4) is 0 Å². The second kappa shape index (κ2) is 2.90. The number of fused-ring (bicyclic) bond motifs is 1. The van der Waals surface area contributed by atoms with Crippen molar-refractivity contribution in [2.75, 3.05) is 12.4 Å². The number of hydrogen-bond acceptors (Lipinski definition) is 3. The van der Waals surface area contributed by atoms with Gasteiger partial charge < -0.3 is 10.3 Å². The van der Waals surface area contributed by atoms with Gasteiger partial charge in [-0.3, -0.25) is 0 Å². The monoisotopic (exact) mass is 175 g/mol. The fourth-order valence-electron chi connectivity index (χ4n) is 1.40. The number of rotatable bonds is 2. The SMILES string of the molecule is CNc1[nH]c2ccccc2c1N=O. The van der Waals surface area contributed by atoms with Crippen LogP contribution in [-0.2, 0) is 0 Å². The quantitative estimate of drug-likeness (QED) is 0.689. The van der Waals surface area contributed by atoms with Crippen molar-refractivity contribution in [2.24, 2.45) is 5.18 Å². The molecular weight excluding hydrogens is 166 g/mol. The number of nitroso groups, excluding NO2 is 1. The van der Waals surface area contributed by atoms with Crippen LogP contribution in [0.3, 0.4) is 0 Å². The van der Waals surface area contributed by atoms with Crippen LogP contribution >= 0.6 is 0 Å². The zero-order valence-electron chi connectivity index (χ0n) is 7.16. The van der Waals surface area contributed by atoms with Crippen LogP contribution in [0.4, 0.5) is 11.5 Å². The summed E-state index contributed by atoms with van der Waals surface area (Å²) in [6.45, 7) is 0. The summed E-state index contributed by atoms with van der Waals surface area (Å²) in [6, 6.07) is 7.56. The Morgan fingerprint density at radius 3 is 2.85 bits per heavy atom. The molecule has 0 fully saturated rings. The highest BCUT2D eigenvalue weighted by atomic mass is 16.3. The van der Waals surface area contributed by atoms with Gasteiger partial charge in [-0.15, -0.1) is 4.91 Å². The number of H-pyrrole nitrogens is 1.